The number of nitrogens with zero attached hydrogens (tertiary/aromatic N) is 4. The molecule has 0 saturated heterocycles. The molecule has 0 saturated carbocycles. The zero-order valence-electron chi connectivity index (χ0n) is 19.0. The van der Waals surface area contributed by atoms with Gasteiger partial charge >= 0.3 is 0 Å². The van der Waals surface area contributed by atoms with Gasteiger partial charge in [-0.3, -0.25) is 4.79 Å². The van der Waals surface area contributed by atoms with Crippen LogP contribution in [0.3, 0.4) is 0 Å². The van der Waals surface area contributed by atoms with E-state index in [1.54, 1.807) is 10.8 Å². The lowest BCUT2D eigenvalue weighted by atomic mass is 9.97. The number of nitriles is 1. The Morgan fingerprint density at radius 3 is 2.45 bits per heavy atom. The fraction of sp³-hybridized carbons (Fsp3) is 0.214. The van der Waals surface area contributed by atoms with Crippen LogP contribution in [0.1, 0.15) is 48.0 Å². The minimum absolute atomic E-state index is 0.0637. The normalized spacial score (nSPS) is 10.7. The first-order valence-corrected chi connectivity index (χ1v) is 11.2. The van der Waals surface area contributed by atoms with Crippen LogP contribution in [0.25, 0.3) is 16.9 Å². The molecule has 33 heavy (non-hydrogen) atoms. The van der Waals surface area contributed by atoms with Crippen LogP contribution in [0, 0.1) is 18.3 Å². The fourth-order valence-electron chi connectivity index (χ4n) is 4.04. The molecule has 2 aromatic heterocycles. The second kappa shape index (κ2) is 10.1. The number of unbranched alkanes of at least 4 members (excludes halogenated alkanes) is 1. The molecule has 2 aromatic carbocycles. The summed E-state index contributed by atoms with van der Waals surface area (Å²) in [4.78, 5) is 22.8. The third-order valence-corrected chi connectivity index (χ3v) is 5.77. The van der Waals surface area contributed by atoms with Crippen molar-refractivity contribution in [3.63, 3.8) is 0 Å². The van der Waals surface area contributed by atoms with Crippen molar-refractivity contribution in [3.8, 4) is 23.0 Å². The summed E-state index contributed by atoms with van der Waals surface area (Å²) in [6.45, 7) is 4.00. The number of benzene rings is 2. The van der Waals surface area contributed by atoms with Crippen LogP contribution in [0.2, 0.25) is 0 Å². The van der Waals surface area contributed by atoms with E-state index in [9.17, 15) is 10.1 Å². The van der Waals surface area contributed by atoms with Gasteiger partial charge in [0, 0.05) is 18.2 Å². The smallest absolute Gasteiger partial charge is 0.263 e. The Kier molecular flexibility index (Phi) is 6.75. The molecule has 0 unspecified atom stereocenters. The first-order chi connectivity index (χ1) is 16.1. The van der Waals surface area contributed by atoms with E-state index < -0.39 is 0 Å². The minimum atomic E-state index is -0.0637. The number of hydrogen-bond donors (Lipinski definition) is 0. The number of hydrogen-bond acceptors (Lipinski definition) is 4. The summed E-state index contributed by atoms with van der Waals surface area (Å²) in [5.74, 6) is 1.23. The van der Waals surface area contributed by atoms with Gasteiger partial charge < -0.3 is 0 Å². The fourth-order valence-corrected chi connectivity index (χ4v) is 4.04. The molecule has 0 spiro atoms. The van der Waals surface area contributed by atoms with Gasteiger partial charge in [-0.25, -0.2) is 14.5 Å². The van der Waals surface area contributed by atoms with Crippen molar-refractivity contribution >= 4 is 0 Å². The maximum absolute atomic E-state index is 13.6. The minimum Gasteiger partial charge on any atom is -0.268 e. The third kappa shape index (κ3) is 4.75. The van der Waals surface area contributed by atoms with Gasteiger partial charge in [-0.15, -0.1) is 0 Å². The van der Waals surface area contributed by atoms with E-state index >= 15 is 0 Å². The Bertz CT molecular complexity index is 1350. The summed E-state index contributed by atoms with van der Waals surface area (Å²) in [6.07, 6.45) is 4.98. The van der Waals surface area contributed by atoms with Crippen molar-refractivity contribution in [1.29, 1.82) is 5.26 Å². The molecule has 0 amide bonds. The summed E-state index contributed by atoms with van der Waals surface area (Å²) < 4.78 is 1.60. The number of aryl methyl sites for hydroxylation is 2. The zero-order chi connectivity index (χ0) is 23.2. The van der Waals surface area contributed by atoms with Crippen LogP contribution < -0.4 is 5.56 Å². The summed E-state index contributed by atoms with van der Waals surface area (Å²) in [6, 6.07) is 23.4. The van der Waals surface area contributed by atoms with E-state index in [0.29, 0.717) is 29.2 Å². The van der Waals surface area contributed by atoms with Crippen molar-refractivity contribution in [2.24, 2.45) is 0 Å². The van der Waals surface area contributed by atoms with E-state index in [2.05, 4.69) is 18.0 Å². The zero-order valence-corrected chi connectivity index (χ0v) is 19.0. The first-order valence-electron chi connectivity index (χ1n) is 11.2. The van der Waals surface area contributed by atoms with Crippen LogP contribution in [-0.2, 0) is 12.8 Å². The molecule has 0 N–H and O–H groups in total. The van der Waals surface area contributed by atoms with Crippen LogP contribution in [-0.4, -0.2) is 14.5 Å². The predicted octanol–water partition coefficient (Wildman–Crippen LogP) is 5.41. The molecular weight excluding hydrogens is 408 g/mol. The molecular formula is C28H26N4O. The Balaban J connectivity index is 1.73. The SMILES string of the molecule is CCCCc1nc(C)n(-c2ccccn2)c(=O)c1Cc1ccc(-c2ccccc2C#N)cc1. The lowest BCUT2D eigenvalue weighted by Gasteiger charge is -2.15. The van der Waals surface area contributed by atoms with Crippen molar-refractivity contribution in [2.45, 2.75) is 39.5 Å². The van der Waals surface area contributed by atoms with Gasteiger partial charge in [0.05, 0.1) is 17.3 Å². The monoisotopic (exact) mass is 434 g/mol. The highest BCUT2D eigenvalue weighted by molar-refractivity contribution is 5.70. The average molecular weight is 435 g/mol. The third-order valence-electron chi connectivity index (χ3n) is 5.77. The van der Waals surface area contributed by atoms with Crippen molar-refractivity contribution in [2.75, 3.05) is 0 Å². The quantitative estimate of drug-likeness (QED) is 0.390. The van der Waals surface area contributed by atoms with Gasteiger partial charge in [0.25, 0.3) is 5.56 Å². The van der Waals surface area contributed by atoms with E-state index in [0.717, 1.165) is 41.6 Å². The summed E-state index contributed by atoms with van der Waals surface area (Å²) in [5, 5.41) is 9.40. The molecule has 0 fully saturated rings. The molecule has 4 aromatic rings. The van der Waals surface area contributed by atoms with Gasteiger partial charge in [-0.05, 0) is 54.7 Å². The van der Waals surface area contributed by atoms with E-state index in [-0.39, 0.29) is 5.56 Å². The van der Waals surface area contributed by atoms with E-state index in [4.69, 9.17) is 4.98 Å². The van der Waals surface area contributed by atoms with Crippen molar-refractivity contribution < 1.29 is 0 Å². The maximum Gasteiger partial charge on any atom is 0.263 e. The lowest BCUT2D eigenvalue weighted by molar-refractivity contribution is 0.729. The molecule has 4 rings (SSSR count). The molecule has 5 heteroatoms. The summed E-state index contributed by atoms with van der Waals surface area (Å²) >= 11 is 0. The molecule has 5 nitrogen and oxygen atoms in total. The van der Waals surface area contributed by atoms with Crippen LogP contribution in [0.5, 0.6) is 0 Å². The van der Waals surface area contributed by atoms with Gasteiger partial charge in [-0.2, -0.15) is 5.26 Å². The Labute approximate surface area is 194 Å². The molecule has 0 radical (unpaired) electrons. The number of pyridine rings is 1. The second-order valence-corrected chi connectivity index (χ2v) is 8.05. The van der Waals surface area contributed by atoms with E-state index in [1.165, 1.54) is 0 Å². The molecule has 2 heterocycles. The van der Waals surface area contributed by atoms with Gasteiger partial charge in [0.2, 0.25) is 0 Å². The summed E-state index contributed by atoms with van der Waals surface area (Å²) in [7, 11) is 0. The molecule has 0 atom stereocenters. The Morgan fingerprint density at radius 2 is 1.76 bits per heavy atom. The molecule has 0 aliphatic rings. The highest BCUT2D eigenvalue weighted by Gasteiger charge is 2.17. The van der Waals surface area contributed by atoms with Crippen LogP contribution in [0.4, 0.5) is 0 Å². The van der Waals surface area contributed by atoms with Gasteiger partial charge in [0.1, 0.15) is 11.6 Å². The topological polar surface area (TPSA) is 71.6 Å². The van der Waals surface area contributed by atoms with Crippen molar-refractivity contribution in [3.05, 3.63) is 111 Å². The van der Waals surface area contributed by atoms with E-state index in [1.807, 2.05) is 73.7 Å². The number of rotatable bonds is 7. The second-order valence-electron chi connectivity index (χ2n) is 8.05. The Hall–Kier alpha value is -4.04. The van der Waals surface area contributed by atoms with Gasteiger partial charge in [-0.1, -0.05) is 61.9 Å². The van der Waals surface area contributed by atoms with Crippen molar-refractivity contribution in [1.82, 2.24) is 14.5 Å². The highest BCUT2D eigenvalue weighted by atomic mass is 16.1. The average Bonchev–Trinajstić information content (AvgIpc) is 2.85. The Morgan fingerprint density at radius 1 is 1.00 bits per heavy atom. The molecule has 0 aliphatic carbocycles. The van der Waals surface area contributed by atoms with Crippen LogP contribution >= 0.6 is 0 Å². The maximum atomic E-state index is 13.6. The molecule has 164 valence electrons. The largest absolute Gasteiger partial charge is 0.268 e. The number of aromatic nitrogens is 3. The molecule has 0 aliphatic heterocycles. The lowest BCUT2D eigenvalue weighted by Crippen LogP contribution is -2.28. The predicted molar refractivity (Wildman–Crippen MR) is 130 cm³/mol. The highest BCUT2D eigenvalue weighted by Crippen LogP contribution is 2.24. The first kappa shape index (κ1) is 22.2. The van der Waals surface area contributed by atoms with Crippen LogP contribution in [0.15, 0.2) is 77.7 Å². The van der Waals surface area contributed by atoms with Gasteiger partial charge in [0.15, 0.2) is 0 Å². The standard InChI is InChI=1S/C28H26N4O/c1-3-4-11-26-25(28(33)32(20(2)31-26)27-12-7-8-17-30-27)18-21-13-15-22(16-14-21)24-10-6-5-9-23(24)19-29/h5-10,12-17H,3-4,11,18H2,1-2H3. The molecule has 0 bridgehead atoms. The summed E-state index contributed by atoms with van der Waals surface area (Å²) in [5.41, 5.74) is 5.08.